The molecule has 1 amide bonds. The monoisotopic (exact) mass is 297 g/mol. The standard InChI is InChI=1S/C18H23N3O/c1-13-6-8-20-12-16(19-17(20)10-13)18(22)21-9-7-14-4-2-3-5-15(14)11-21/h6,8,10,12,14-15H,2-5,7,9,11H2,1H3. The second-order valence-electron chi connectivity index (χ2n) is 6.94. The molecule has 116 valence electrons. The van der Waals surface area contributed by atoms with Crippen molar-refractivity contribution in [2.24, 2.45) is 11.8 Å². The molecule has 22 heavy (non-hydrogen) atoms. The average molecular weight is 297 g/mol. The summed E-state index contributed by atoms with van der Waals surface area (Å²) in [5.41, 5.74) is 2.61. The summed E-state index contributed by atoms with van der Waals surface area (Å²) < 4.78 is 1.94. The number of carbonyl (C=O) groups excluding carboxylic acids is 1. The molecule has 0 N–H and O–H groups in total. The molecule has 2 unspecified atom stereocenters. The Kier molecular flexibility index (Phi) is 3.40. The molecule has 4 rings (SSSR count). The highest BCUT2D eigenvalue weighted by atomic mass is 16.2. The Morgan fingerprint density at radius 3 is 2.91 bits per heavy atom. The molecule has 1 aliphatic carbocycles. The van der Waals surface area contributed by atoms with E-state index in [1.54, 1.807) is 0 Å². The Bertz CT molecular complexity index is 705. The van der Waals surface area contributed by atoms with Gasteiger partial charge in [0.2, 0.25) is 0 Å². The van der Waals surface area contributed by atoms with Crippen molar-refractivity contribution >= 4 is 11.6 Å². The van der Waals surface area contributed by atoms with Crippen molar-refractivity contribution in [3.63, 3.8) is 0 Å². The van der Waals surface area contributed by atoms with Gasteiger partial charge in [-0.05, 0) is 49.3 Å². The van der Waals surface area contributed by atoms with Gasteiger partial charge >= 0.3 is 0 Å². The number of likely N-dealkylation sites (tertiary alicyclic amines) is 1. The van der Waals surface area contributed by atoms with Gasteiger partial charge in [-0.25, -0.2) is 4.98 Å². The molecule has 1 saturated carbocycles. The zero-order valence-electron chi connectivity index (χ0n) is 13.2. The number of aryl methyl sites for hydroxylation is 1. The molecule has 2 fully saturated rings. The number of amides is 1. The molecular weight excluding hydrogens is 274 g/mol. The smallest absolute Gasteiger partial charge is 0.274 e. The van der Waals surface area contributed by atoms with Crippen LogP contribution >= 0.6 is 0 Å². The van der Waals surface area contributed by atoms with Gasteiger partial charge < -0.3 is 9.30 Å². The molecule has 1 saturated heterocycles. The van der Waals surface area contributed by atoms with Crippen molar-refractivity contribution in [3.05, 3.63) is 35.8 Å². The molecule has 4 nitrogen and oxygen atoms in total. The Balaban J connectivity index is 1.55. The number of piperidine rings is 1. The highest BCUT2D eigenvalue weighted by molar-refractivity contribution is 5.93. The van der Waals surface area contributed by atoms with E-state index in [0.717, 1.165) is 24.7 Å². The molecule has 0 aromatic carbocycles. The van der Waals surface area contributed by atoms with Crippen molar-refractivity contribution in [2.45, 2.75) is 39.0 Å². The Hall–Kier alpha value is -1.84. The maximum Gasteiger partial charge on any atom is 0.274 e. The number of imidazole rings is 1. The van der Waals surface area contributed by atoms with Crippen LogP contribution in [0.1, 0.15) is 48.2 Å². The molecule has 1 aliphatic heterocycles. The van der Waals surface area contributed by atoms with Crippen LogP contribution < -0.4 is 0 Å². The minimum Gasteiger partial charge on any atom is -0.337 e. The minimum atomic E-state index is 0.102. The first-order valence-electron chi connectivity index (χ1n) is 8.45. The van der Waals surface area contributed by atoms with E-state index >= 15 is 0 Å². The quantitative estimate of drug-likeness (QED) is 0.810. The highest BCUT2D eigenvalue weighted by Crippen LogP contribution is 2.36. The molecule has 2 atom stereocenters. The van der Waals surface area contributed by atoms with Gasteiger partial charge in [0, 0.05) is 25.5 Å². The summed E-state index contributed by atoms with van der Waals surface area (Å²) >= 11 is 0. The van der Waals surface area contributed by atoms with Gasteiger partial charge in [0.1, 0.15) is 11.3 Å². The average Bonchev–Trinajstić information content (AvgIpc) is 2.96. The van der Waals surface area contributed by atoms with Crippen LogP contribution in [0, 0.1) is 18.8 Å². The lowest BCUT2D eigenvalue weighted by atomic mass is 9.75. The summed E-state index contributed by atoms with van der Waals surface area (Å²) in [4.78, 5) is 19.3. The predicted octanol–water partition coefficient (Wildman–Crippen LogP) is 3.30. The highest BCUT2D eigenvalue weighted by Gasteiger charge is 2.33. The van der Waals surface area contributed by atoms with E-state index < -0.39 is 0 Å². The van der Waals surface area contributed by atoms with E-state index in [-0.39, 0.29) is 5.91 Å². The summed E-state index contributed by atoms with van der Waals surface area (Å²) in [6, 6.07) is 4.06. The largest absolute Gasteiger partial charge is 0.337 e. The summed E-state index contributed by atoms with van der Waals surface area (Å²) in [5, 5.41) is 0. The Morgan fingerprint density at radius 1 is 1.23 bits per heavy atom. The topological polar surface area (TPSA) is 37.6 Å². The fraction of sp³-hybridized carbons (Fsp3) is 0.556. The van der Waals surface area contributed by atoms with E-state index in [0.29, 0.717) is 11.6 Å². The number of nitrogens with zero attached hydrogens (tertiary/aromatic N) is 3. The Labute approximate surface area is 131 Å². The van der Waals surface area contributed by atoms with Crippen LogP contribution in [-0.4, -0.2) is 33.3 Å². The first kappa shape index (κ1) is 13.8. The van der Waals surface area contributed by atoms with Gasteiger partial charge in [0.25, 0.3) is 5.91 Å². The van der Waals surface area contributed by atoms with Gasteiger partial charge in [0.05, 0.1) is 0 Å². The summed E-state index contributed by atoms with van der Waals surface area (Å²) in [5.74, 6) is 1.66. The van der Waals surface area contributed by atoms with Crippen LogP contribution in [0.25, 0.3) is 5.65 Å². The van der Waals surface area contributed by atoms with Gasteiger partial charge in [-0.3, -0.25) is 4.79 Å². The summed E-state index contributed by atoms with van der Waals surface area (Å²) in [6.07, 6.45) is 10.4. The fourth-order valence-corrected chi connectivity index (χ4v) is 4.13. The van der Waals surface area contributed by atoms with Crippen LogP contribution in [0.3, 0.4) is 0 Å². The van der Waals surface area contributed by atoms with Crippen LogP contribution in [-0.2, 0) is 0 Å². The molecule has 0 radical (unpaired) electrons. The van der Waals surface area contributed by atoms with Gasteiger partial charge in [-0.2, -0.15) is 0 Å². The molecule has 0 spiro atoms. The van der Waals surface area contributed by atoms with Crippen molar-refractivity contribution in [1.29, 1.82) is 0 Å². The Morgan fingerprint density at radius 2 is 2.05 bits per heavy atom. The first-order chi connectivity index (χ1) is 10.7. The van der Waals surface area contributed by atoms with E-state index in [1.807, 2.05) is 40.8 Å². The number of pyridine rings is 1. The van der Waals surface area contributed by atoms with Crippen molar-refractivity contribution in [3.8, 4) is 0 Å². The molecule has 2 aromatic rings. The number of hydrogen-bond donors (Lipinski definition) is 0. The second kappa shape index (κ2) is 5.41. The van der Waals surface area contributed by atoms with Gasteiger partial charge in [-0.1, -0.05) is 19.3 Å². The van der Waals surface area contributed by atoms with Crippen molar-refractivity contribution < 1.29 is 4.79 Å². The van der Waals surface area contributed by atoms with Crippen LogP contribution in [0.5, 0.6) is 0 Å². The number of carbonyl (C=O) groups is 1. The third-order valence-corrected chi connectivity index (χ3v) is 5.41. The molecular formula is C18H23N3O. The molecule has 0 bridgehead atoms. The van der Waals surface area contributed by atoms with Crippen molar-refractivity contribution in [1.82, 2.24) is 14.3 Å². The second-order valence-corrected chi connectivity index (χ2v) is 6.94. The lowest BCUT2D eigenvalue weighted by Crippen LogP contribution is -2.44. The van der Waals surface area contributed by atoms with E-state index in [2.05, 4.69) is 4.98 Å². The third-order valence-electron chi connectivity index (χ3n) is 5.41. The van der Waals surface area contributed by atoms with E-state index in [4.69, 9.17) is 0 Å². The first-order valence-corrected chi connectivity index (χ1v) is 8.45. The zero-order chi connectivity index (χ0) is 15.1. The van der Waals surface area contributed by atoms with E-state index in [1.165, 1.54) is 37.7 Å². The number of fused-ring (bicyclic) bond motifs is 2. The maximum absolute atomic E-state index is 12.8. The summed E-state index contributed by atoms with van der Waals surface area (Å²) in [7, 11) is 0. The van der Waals surface area contributed by atoms with Crippen LogP contribution in [0.15, 0.2) is 24.5 Å². The maximum atomic E-state index is 12.8. The third kappa shape index (κ3) is 2.40. The normalized spacial score (nSPS) is 25.2. The lowest BCUT2D eigenvalue weighted by molar-refractivity contribution is 0.0516. The zero-order valence-corrected chi connectivity index (χ0v) is 13.2. The van der Waals surface area contributed by atoms with Crippen molar-refractivity contribution in [2.75, 3.05) is 13.1 Å². The van der Waals surface area contributed by atoms with Gasteiger partial charge in [-0.15, -0.1) is 0 Å². The number of rotatable bonds is 1. The van der Waals surface area contributed by atoms with E-state index in [9.17, 15) is 4.79 Å². The fourth-order valence-electron chi connectivity index (χ4n) is 4.13. The SMILES string of the molecule is Cc1ccn2cc(C(=O)N3CCC4CCCCC4C3)nc2c1. The minimum absolute atomic E-state index is 0.102. The predicted molar refractivity (Wildman–Crippen MR) is 85.9 cm³/mol. The molecule has 4 heteroatoms. The lowest BCUT2D eigenvalue weighted by Gasteiger charge is -2.41. The van der Waals surface area contributed by atoms with Crippen LogP contribution in [0.2, 0.25) is 0 Å². The molecule has 2 aromatic heterocycles. The van der Waals surface area contributed by atoms with Gasteiger partial charge in [0.15, 0.2) is 0 Å². The van der Waals surface area contributed by atoms with Crippen LogP contribution in [0.4, 0.5) is 0 Å². The summed E-state index contributed by atoms with van der Waals surface area (Å²) in [6.45, 7) is 3.87. The molecule has 2 aliphatic rings. The number of hydrogen-bond acceptors (Lipinski definition) is 2. The molecule has 3 heterocycles. The number of aromatic nitrogens is 2.